The van der Waals surface area contributed by atoms with Crippen molar-refractivity contribution in [1.82, 2.24) is 0 Å². The van der Waals surface area contributed by atoms with Crippen molar-refractivity contribution in [3.63, 3.8) is 0 Å². The highest BCUT2D eigenvalue weighted by Gasteiger charge is 2.39. The molecule has 0 aromatic heterocycles. The minimum atomic E-state index is -0.370. The maximum atomic E-state index is 11.6. The zero-order chi connectivity index (χ0) is 22.6. The van der Waals surface area contributed by atoms with Crippen LogP contribution in [0.4, 0.5) is 0 Å². The highest BCUT2D eigenvalue weighted by atomic mass is 16.7. The Labute approximate surface area is 181 Å². The lowest BCUT2D eigenvalue weighted by Gasteiger charge is -2.43. The first kappa shape index (κ1) is 26.6. The standard InChI is InChI=1S/C24H40O6/c1-18(8-7-9-19(2)12-23(26)30-17-28-6)10-11-24(4)20(3)13-22(29-16-27-5)14-21(24)15-25/h8,12,14,20,22,25H,7,9-11,13,15-17H2,1-6H3/b18-8+,19-12+/t20-,22+,24-/m1/s1. The third kappa shape index (κ3) is 8.72. The molecule has 1 rings (SSSR count). The highest BCUT2D eigenvalue weighted by molar-refractivity contribution is 5.82. The number of hydrogen-bond acceptors (Lipinski definition) is 6. The van der Waals surface area contributed by atoms with E-state index in [9.17, 15) is 9.90 Å². The Morgan fingerprint density at radius 1 is 1.20 bits per heavy atom. The van der Waals surface area contributed by atoms with Crippen LogP contribution in [0, 0.1) is 11.3 Å². The van der Waals surface area contributed by atoms with Crippen LogP contribution >= 0.6 is 0 Å². The minimum Gasteiger partial charge on any atom is -0.435 e. The molecular formula is C24H40O6. The largest absolute Gasteiger partial charge is 0.435 e. The van der Waals surface area contributed by atoms with E-state index in [4.69, 9.17) is 18.9 Å². The van der Waals surface area contributed by atoms with Crippen LogP contribution in [-0.4, -0.2) is 51.6 Å². The maximum absolute atomic E-state index is 11.6. The first-order valence-electron chi connectivity index (χ1n) is 10.7. The Morgan fingerprint density at radius 3 is 2.53 bits per heavy atom. The van der Waals surface area contributed by atoms with E-state index in [0.29, 0.717) is 5.92 Å². The molecule has 0 aromatic rings. The minimum absolute atomic E-state index is 0.00263. The van der Waals surface area contributed by atoms with Gasteiger partial charge in [0.1, 0.15) is 6.79 Å². The summed E-state index contributed by atoms with van der Waals surface area (Å²) in [6, 6.07) is 0. The summed E-state index contributed by atoms with van der Waals surface area (Å²) in [6.07, 6.45) is 10.4. The van der Waals surface area contributed by atoms with E-state index in [1.165, 1.54) is 18.8 Å². The molecule has 0 fully saturated rings. The Bertz CT molecular complexity index is 621. The van der Waals surface area contributed by atoms with Crippen LogP contribution in [0.15, 0.2) is 34.9 Å². The first-order chi connectivity index (χ1) is 14.3. The molecule has 30 heavy (non-hydrogen) atoms. The van der Waals surface area contributed by atoms with Gasteiger partial charge in [-0.2, -0.15) is 0 Å². The number of methoxy groups -OCH3 is 2. The van der Waals surface area contributed by atoms with Crippen molar-refractivity contribution in [2.45, 2.75) is 65.9 Å². The Morgan fingerprint density at radius 2 is 1.90 bits per heavy atom. The molecule has 172 valence electrons. The molecule has 0 saturated carbocycles. The van der Waals surface area contributed by atoms with Crippen molar-refractivity contribution in [3.05, 3.63) is 34.9 Å². The van der Waals surface area contributed by atoms with E-state index in [1.54, 1.807) is 7.11 Å². The number of rotatable bonds is 13. The predicted molar refractivity (Wildman–Crippen MR) is 118 cm³/mol. The number of allylic oxidation sites excluding steroid dienone is 3. The number of carbonyl (C=O) groups excluding carboxylic acids is 1. The molecule has 0 saturated heterocycles. The monoisotopic (exact) mass is 424 g/mol. The lowest BCUT2D eigenvalue weighted by Crippen LogP contribution is -2.37. The molecule has 6 heteroatoms. The van der Waals surface area contributed by atoms with Gasteiger partial charge in [0.2, 0.25) is 0 Å². The molecule has 1 aliphatic carbocycles. The second kappa shape index (κ2) is 13.8. The van der Waals surface area contributed by atoms with Gasteiger partial charge in [-0.15, -0.1) is 0 Å². The molecule has 0 aliphatic heterocycles. The van der Waals surface area contributed by atoms with Crippen molar-refractivity contribution in [1.29, 1.82) is 0 Å². The second-order valence-electron chi connectivity index (χ2n) is 8.47. The third-order valence-corrected chi connectivity index (χ3v) is 6.12. The third-order valence-electron chi connectivity index (χ3n) is 6.12. The normalized spacial score (nSPS) is 25.2. The first-order valence-corrected chi connectivity index (χ1v) is 10.7. The molecular weight excluding hydrogens is 384 g/mol. The van der Waals surface area contributed by atoms with Gasteiger partial charge in [-0.3, -0.25) is 0 Å². The van der Waals surface area contributed by atoms with Crippen molar-refractivity contribution >= 4 is 5.97 Å². The van der Waals surface area contributed by atoms with Crippen LogP contribution in [0.1, 0.15) is 59.8 Å². The Balaban J connectivity index is 2.60. The fraction of sp³-hybridized carbons (Fsp3) is 0.708. The molecule has 0 aromatic carbocycles. The average molecular weight is 425 g/mol. The zero-order valence-electron chi connectivity index (χ0n) is 19.5. The lowest BCUT2D eigenvalue weighted by atomic mass is 9.64. The van der Waals surface area contributed by atoms with Gasteiger partial charge < -0.3 is 24.1 Å². The number of hydrogen-bond donors (Lipinski definition) is 1. The van der Waals surface area contributed by atoms with Crippen molar-refractivity contribution < 1.29 is 28.8 Å². The summed E-state index contributed by atoms with van der Waals surface area (Å²) >= 11 is 0. The number of ether oxygens (including phenoxy) is 4. The summed E-state index contributed by atoms with van der Waals surface area (Å²) in [5, 5.41) is 9.96. The summed E-state index contributed by atoms with van der Waals surface area (Å²) in [4.78, 5) is 11.6. The van der Waals surface area contributed by atoms with Gasteiger partial charge in [0.15, 0.2) is 6.79 Å². The zero-order valence-corrected chi connectivity index (χ0v) is 19.5. The molecule has 6 nitrogen and oxygen atoms in total. The molecule has 1 N–H and O–H groups in total. The smallest absolute Gasteiger partial charge is 0.332 e. The van der Waals surface area contributed by atoms with Gasteiger partial charge in [-0.25, -0.2) is 4.79 Å². The van der Waals surface area contributed by atoms with Crippen LogP contribution in [-0.2, 0) is 23.7 Å². The molecule has 3 atom stereocenters. The highest BCUT2D eigenvalue weighted by Crippen LogP contribution is 2.46. The molecule has 0 unspecified atom stereocenters. The van der Waals surface area contributed by atoms with E-state index in [0.717, 1.165) is 43.3 Å². The van der Waals surface area contributed by atoms with E-state index < -0.39 is 0 Å². The average Bonchev–Trinajstić information content (AvgIpc) is 2.71. The van der Waals surface area contributed by atoms with E-state index in [1.807, 2.05) is 6.92 Å². The summed E-state index contributed by atoms with van der Waals surface area (Å²) in [7, 11) is 3.10. The van der Waals surface area contributed by atoms with Gasteiger partial charge in [0, 0.05) is 20.3 Å². The van der Waals surface area contributed by atoms with Gasteiger partial charge in [-0.1, -0.05) is 37.1 Å². The number of carbonyl (C=O) groups is 1. The van der Waals surface area contributed by atoms with Gasteiger partial charge in [0.05, 0.1) is 12.7 Å². The maximum Gasteiger partial charge on any atom is 0.332 e. The molecule has 0 heterocycles. The molecule has 0 bridgehead atoms. The van der Waals surface area contributed by atoms with E-state index in [-0.39, 0.29) is 37.7 Å². The molecule has 1 aliphatic rings. The molecule has 0 radical (unpaired) electrons. The van der Waals surface area contributed by atoms with Crippen molar-refractivity contribution in [2.24, 2.45) is 11.3 Å². The SMILES string of the molecule is COCOC(=O)/C=C(\C)CC/C=C(\C)CC[C@@]1(C)C(CO)=C[C@@H](OCOC)C[C@H]1C. The Kier molecular flexibility index (Phi) is 12.2. The van der Waals surface area contributed by atoms with E-state index >= 15 is 0 Å². The quantitative estimate of drug-likeness (QED) is 0.202. The van der Waals surface area contributed by atoms with Gasteiger partial charge in [-0.05, 0) is 62.9 Å². The fourth-order valence-electron chi connectivity index (χ4n) is 3.86. The summed E-state index contributed by atoms with van der Waals surface area (Å²) in [6.45, 7) is 8.86. The summed E-state index contributed by atoms with van der Waals surface area (Å²) in [5.41, 5.74) is 3.33. The topological polar surface area (TPSA) is 74.2 Å². The van der Waals surface area contributed by atoms with Crippen LogP contribution < -0.4 is 0 Å². The van der Waals surface area contributed by atoms with Crippen molar-refractivity contribution in [3.8, 4) is 0 Å². The number of esters is 1. The summed E-state index contributed by atoms with van der Waals surface area (Å²) < 4.78 is 20.3. The molecule has 0 spiro atoms. The van der Waals surface area contributed by atoms with E-state index in [2.05, 4.69) is 32.9 Å². The van der Waals surface area contributed by atoms with Gasteiger partial charge in [0.25, 0.3) is 0 Å². The predicted octanol–water partition coefficient (Wildman–Crippen LogP) is 4.54. The van der Waals surface area contributed by atoms with Gasteiger partial charge >= 0.3 is 5.97 Å². The number of aliphatic hydroxyl groups excluding tert-OH is 1. The van der Waals surface area contributed by atoms with Crippen LogP contribution in [0.25, 0.3) is 0 Å². The van der Waals surface area contributed by atoms with Crippen LogP contribution in [0.5, 0.6) is 0 Å². The fourth-order valence-corrected chi connectivity index (χ4v) is 3.86. The number of aliphatic hydroxyl groups is 1. The van der Waals surface area contributed by atoms with Crippen LogP contribution in [0.3, 0.4) is 0 Å². The van der Waals surface area contributed by atoms with Crippen molar-refractivity contribution in [2.75, 3.05) is 34.4 Å². The second-order valence-corrected chi connectivity index (χ2v) is 8.47. The summed E-state index contributed by atoms with van der Waals surface area (Å²) in [5.74, 6) is 0.0352. The Hall–Kier alpha value is -1.47. The molecule has 0 amide bonds. The van der Waals surface area contributed by atoms with Crippen LogP contribution in [0.2, 0.25) is 0 Å². The lowest BCUT2D eigenvalue weighted by molar-refractivity contribution is -0.147.